The highest BCUT2D eigenvalue weighted by atomic mass is 19.3. The quantitative estimate of drug-likeness (QED) is 0.759. The lowest BCUT2D eigenvalue weighted by Gasteiger charge is -2.37. The molecule has 0 spiro atoms. The van der Waals surface area contributed by atoms with Crippen molar-refractivity contribution in [1.29, 1.82) is 0 Å². The maximum Gasteiger partial charge on any atom is 0.257 e. The Bertz CT molecular complexity index is 258. The van der Waals surface area contributed by atoms with Crippen LogP contribution in [0.5, 0.6) is 0 Å². The van der Waals surface area contributed by atoms with E-state index in [1.54, 1.807) is 11.9 Å². The first-order valence-corrected chi connectivity index (χ1v) is 6.19. The van der Waals surface area contributed by atoms with E-state index in [0.717, 1.165) is 19.8 Å². The lowest BCUT2D eigenvalue weighted by molar-refractivity contribution is -0.132. The molecule has 0 atom stereocenters. The van der Waals surface area contributed by atoms with E-state index in [1.165, 1.54) is 0 Å². The minimum atomic E-state index is -2.65. The molecule has 1 amide bonds. The second-order valence-electron chi connectivity index (χ2n) is 4.95. The Kier molecular flexibility index (Phi) is 4.86. The van der Waals surface area contributed by atoms with Crippen LogP contribution in [0, 0.1) is 0 Å². The van der Waals surface area contributed by atoms with E-state index >= 15 is 0 Å². The third kappa shape index (κ3) is 4.58. The summed E-state index contributed by atoms with van der Waals surface area (Å²) in [6, 6.07) is 0.168. The van der Waals surface area contributed by atoms with E-state index in [1.807, 2.05) is 11.8 Å². The number of hydrogen-bond acceptors (Lipinski definition) is 2. The Morgan fingerprint density at radius 2 is 1.94 bits per heavy atom. The molecule has 100 valence electrons. The van der Waals surface area contributed by atoms with Gasteiger partial charge in [0, 0.05) is 32.5 Å². The minimum absolute atomic E-state index is 0.159. The Hall–Kier alpha value is -0.710. The van der Waals surface area contributed by atoms with E-state index in [2.05, 4.69) is 0 Å². The average molecular weight is 248 g/mol. The molecule has 1 rings (SSSR count). The molecule has 0 aromatic heterocycles. The summed E-state index contributed by atoms with van der Waals surface area (Å²) in [6.45, 7) is 3.96. The minimum Gasteiger partial charge on any atom is -0.343 e. The molecule has 0 aliphatic carbocycles. The van der Waals surface area contributed by atoms with E-state index in [9.17, 15) is 13.6 Å². The third-order valence-electron chi connectivity index (χ3n) is 3.27. The van der Waals surface area contributed by atoms with Crippen molar-refractivity contribution >= 4 is 5.91 Å². The normalized spacial score (nSPS) is 18.8. The second kappa shape index (κ2) is 5.76. The summed E-state index contributed by atoms with van der Waals surface area (Å²) >= 11 is 0. The monoisotopic (exact) mass is 248 g/mol. The summed E-state index contributed by atoms with van der Waals surface area (Å²) < 4.78 is 25.8. The lowest BCUT2D eigenvalue weighted by atomic mass is 10.0. The fourth-order valence-corrected chi connectivity index (χ4v) is 2.35. The van der Waals surface area contributed by atoms with E-state index in [-0.39, 0.29) is 18.5 Å². The summed E-state index contributed by atoms with van der Waals surface area (Å²) in [4.78, 5) is 15.0. The molecule has 1 fully saturated rings. The van der Waals surface area contributed by atoms with Gasteiger partial charge in [-0.1, -0.05) is 6.92 Å². The number of hydrogen-bond donors (Lipinski definition) is 0. The number of likely N-dealkylation sites (tertiary alicyclic amines) is 1. The highest BCUT2D eigenvalue weighted by molar-refractivity contribution is 5.75. The zero-order valence-electron chi connectivity index (χ0n) is 10.9. The lowest BCUT2D eigenvalue weighted by Crippen LogP contribution is -2.47. The van der Waals surface area contributed by atoms with Crippen molar-refractivity contribution in [2.45, 2.75) is 45.1 Å². The number of amides is 1. The first kappa shape index (κ1) is 14.4. The first-order valence-electron chi connectivity index (χ1n) is 6.19. The van der Waals surface area contributed by atoms with Gasteiger partial charge in [0.1, 0.15) is 0 Å². The molecule has 0 aromatic carbocycles. The topological polar surface area (TPSA) is 23.6 Å². The van der Waals surface area contributed by atoms with Gasteiger partial charge in [-0.3, -0.25) is 9.69 Å². The number of rotatable bonds is 4. The van der Waals surface area contributed by atoms with Crippen LogP contribution >= 0.6 is 0 Å². The van der Waals surface area contributed by atoms with Crippen molar-refractivity contribution in [2.75, 3.05) is 26.7 Å². The molecule has 1 aliphatic rings. The summed E-state index contributed by atoms with van der Waals surface area (Å²) in [5, 5.41) is 0. The molecule has 0 unspecified atom stereocenters. The van der Waals surface area contributed by atoms with Crippen LogP contribution in [-0.4, -0.2) is 54.4 Å². The van der Waals surface area contributed by atoms with Gasteiger partial charge < -0.3 is 4.90 Å². The summed E-state index contributed by atoms with van der Waals surface area (Å²) in [5.41, 5.74) is 0. The molecule has 1 saturated heterocycles. The van der Waals surface area contributed by atoms with Crippen molar-refractivity contribution in [2.24, 2.45) is 0 Å². The smallest absolute Gasteiger partial charge is 0.257 e. The van der Waals surface area contributed by atoms with Gasteiger partial charge in [-0.05, 0) is 19.9 Å². The molecular weight excluding hydrogens is 226 g/mol. The van der Waals surface area contributed by atoms with Crippen LogP contribution in [-0.2, 0) is 4.79 Å². The second-order valence-corrected chi connectivity index (χ2v) is 4.95. The van der Waals surface area contributed by atoms with Crippen molar-refractivity contribution in [3.05, 3.63) is 0 Å². The number of carbonyl (C=O) groups is 1. The molecule has 3 nitrogen and oxygen atoms in total. The van der Waals surface area contributed by atoms with Crippen molar-refractivity contribution < 1.29 is 13.6 Å². The molecule has 0 N–H and O–H groups in total. The van der Waals surface area contributed by atoms with Crippen molar-refractivity contribution in [1.82, 2.24) is 9.80 Å². The number of piperidine rings is 1. The van der Waals surface area contributed by atoms with Crippen molar-refractivity contribution in [3.63, 3.8) is 0 Å². The number of halogens is 2. The Labute approximate surface area is 102 Å². The molecule has 17 heavy (non-hydrogen) atoms. The van der Waals surface area contributed by atoms with Crippen molar-refractivity contribution in [3.8, 4) is 0 Å². The van der Waals surface area contributed by atoms with Gasteiger partial charge in [0.05, 0.1) is 6.54 Å². The Morgan fingerprint density at radius 3 is 2.35 bits per heavy atom. The molecule has 1 heterocycles. The molecule has 0 aromatic rings. The number of alkyl halides is 2. The van der Waals surface area contributed by atoms with Gasteiger partial charge in [-0.15, -0.1) is 0 Å². The maximum absolute atomic E-state index is 12.9. The molecule has 5 heteroatoms. The summed E-state index contributed by atoms with van der Waals surface area (Å²) in [7, 11) is 1.74. The highest BCUT2D eigenvalue weighted by Crippen LogP contribution is 2.20. The van der Waals surface area contributed by atoms with E-state index in [4.69, 9.17) is 0 Å². The first-order chi connectivity index (χ1) is 7.83. The predicted molar refractivity (Wildman–Crippen MR) is 63.1 cm³/mol. The zero-order valence-corrected chi connectivity index (χ0v) is 10.9. The van der Waals surface area contributed by atoms with Gasteiger partial charge in [0.15, 0.2) is 0 Å². The third-order valence-corrected chi connectivity index (χ3v) is 3.27. The SMILES string of the molecule is CCC(=O)N1CCC(N(C)CC(C)(F)F)CC1. The Balaban J connectivity index is 2.39. The van der Waals surface area contributed by atoms with Gasteiger partial charge in [-0.2, -0.15) is 0 Å². The van der Waals surface area contributed by atoms with E-state index in [0.29, 0.717) is 19.5 Å². The average Bonchev–Trinajstić information content (AvgIpc) is 2.26. The van der Waals surface area contributed by atoms with Crippen LogP contribution < -0.4 is 0 Å². The van der Waals surface area contributed by atoms with E-state index < -0.39 is 5.92 Å². The molecular formula is C12H22F2N2O. The molecule has 0 saturated carbocycles. The van der Waals surface area contributed by atoms with Gasteiger partial charge in [0.2, 0.25) is 5.91 Å². The zero-order chi connectivity index (χ0) is 13.1. The maximum atomic E-state index is 12.9. The predicted octanol–water partition coefficient (Wildman–Crippen LogP) is 1.97. The Morgan fingerprint density at radius 1 is 1.41 bits per heavy atom. The van der Waals surface area contributed by atoms with Gasteiger partial charge in [-0.25, -0.2) is 8.78 Å². The fourth-order valence-electron chi connectivity index (χ4n) is 2.35. The number of carbonyl (C=O) groups excluding carboxylic acids is 1. The summed E-state index contributed by atoms with van der Waals surface area (Å²) in [6.07, 6.45) is 2.10. The fraction of sp³-hybridized carbons (Fsp3) is 0.917. The highest BCUT2D eigenvalue weighted by Gasteiger charge is 2.30. The molecule has 1 aliphatic heterocycles. The van der Waals surface area contributed by atoms with Gasteiger partial charge >= 0.3 is 0 Å². The number of nitrogens with zero attached hydrogens (tertiary/aromatic N) is 2. The summed E-state index contributed by atoms with van der Waals surface area (Å²) in [5.74, 6) is -2.49. The standard InChI is InChI=1S/C12H22F2N2O/c1-4-11(17)16-7-5-10(6-8-16)15(3)9-12(2,13)14/h10H,4-9H2,1-3H3. The van der Waals surface area contributed by atoms with Crippen LogP contribution in [0.2, 0.25) is 0 Å². The largest absolute Gasteiger partial charge is 0.343 e. The molecule has 0 radical (unpaired) electrons. The van der Waals surface area contributed by atoms with Crippen LogP contribution in [0.4, 0.5) is 8.78 Å². The van der Waals surface area contributed by atoms with Crippen LogP contribution in [0.1, 0.15) is 33.1 Å². The van der Waals surface area contributed by atoms with Crippen LogP contribution in [0.25, 0.3) is 0 Å². The van der Waals surface area contributed by atoms with Gasteiger partial charge in [0.25, 0.3) is 5.92 Å². The van der Waals surface area contributed by atoms with Crippen LogP contribution in [0.15, 0.2) is 0 Å². The molecule has 0 bridgehead atoms. The van der Waals surface area contributed by atoms with Crippen LogP contribution in [0.3, 0.4) is 0 Å².